The minimum atomic E-state index is 0.105. The second-order valence-electron chi connectivity index (χ2n) is 11.3. The summed E-state index contributed by atoms with van der Waals surface area (Å²) in [6, 6.07) is 12.0. The lowest BCUT2D eigenvalue weighted by Crippen LogP contribution is -2.67. The quantitative estimate of drug-likeness (QED) is 0.322. The molecule has 2 aromatic carbocycles. The van der Waals surface area contributed by atoms with Crippen LogP contribution in [0.15, 0.2) is 36.5 Å². The molecule has 6 unspecified atom stereocenters. The first-order valence-corrected chi connectivity index (χ1v) is 12.5. The van der Waals surface area contributed by atoms with E-state index in [0.29, 0.717) is 0 Å². The topological polar surface area (TPSA) is 3.88 Å². The van der Waals surface area contributed by atoms with E-state index in [4.69, 9.17) is 0 Å². The minimum absolute atomic E-state index is 0.105. The minimum Gasteiger partial charge on any atom is -0.192 e. The van der Waals surface area contributed by atoms with Crippen molar-refractivity contribution in [1.82, 2.24) is 0 Å². The van der Waals surface area contributed by atoms with Gasteiger partial charge >= 0.3 is 0 Å². The van der Waals surface area contributed by atoms with Gasteiger partial charge in [0, 0.05) is 18.9 Å². The van der Waals surface area contributed by atoms with Gasteiger partial charge in [0.15, 0.2) is 11.7 Å². The number of rotatable bonds is 2. The molecule has 1 heteroatoms. The van der Waals surface area contributed by atoms with Crippen LogP contribution in [0, 0.1) is 11.8 Å². The van der Waals surface area contributed by atoms with E-state index in [1.807, 2.05) is 0 Å². The number of nitrogens with zero attached hydrogens (tertiary/aromatic N) is 1. The molecule has 1 aromatic heterocycles. The maximum absolute atomic E-state index is 2.79. The third kappa shape index (κ3) is 1.75. The average molecular weight is 397 g/mol. The van der Waals surface area contributed by atoms with Crippen molar-refractivity contribution >= 4 is 21.7 Å². The molecule has 0 saturated heterocycles. The van der Waals surface area contributed by atoms with Crippen molar-refractivity contribution in [3.8, 4) is 0 Å². The zero-order valence-electron chi connectivity index (χ0n) is 19.0. The number of fused-ring (bicyclic) bond motifs is 1. The molecule has 30 heavy (non-hydrogen) atoms. The summed E-state index contributed by atoms with van der Waals surface area (Å²) in [7, 11) is 0. The van der Waals surface area contributed by atoms with Gasteiger partial charge in [0.25, 0.3) is 0 Å². The Kier molecular flexibility index (Phi) is 3.24. The lowest BCUT2D eigenvalue weighted by molar-refractivity contribution is -0.751. The van der Waals surface area contributed by atoms with Gasteiger partial charge in [-0.15, -0.1) is 0 Å². The number of benzene rings is 2. The first-order valence-electron chi connectivity index (χ1n) is 12.5. The Balaban J connectivity index is 1.70. The van der Waals surface area contributed by atoms with Gasteiger partial charge in [-0.1, -0.05) is 38.1 Å². The molecule has 6 atom stereocenters. The Morgan fingerprint density at radius 3 is 2.40 bits per heavy atom. The third-order valence-electron chi connectivity index (χ3n) is 10.8. The summed E-state index contributed by atoms with van der Waals surface area (Å²) in [5, 5.41) is 4.55. The van der Waals surface area contributed by atoms with E-state index in [2.05, 4.69) is 68.8 Å². The van der Waals surface area contributed by atoms with E-state index in [9.17, 15) is 0 Å². The van der Waals surface area contributed by atoms with Crippen molar-refractivity contribution < 1.29 is 4.57 Å². The highest BCUT2D eigenvalue weighted by Gasteiger charge is 2.57. The van der Waals surface area contributed by atoms with E-state index >= 15 is 0 Å². The molecule has 1 aliphatic heterocycles. The monoisotopic (exact) mass is 396 g/mol. The van der Waals surface area contributed by atoms with Crippen LogP contribution in [0.25, 0.3) is 21.7 Å². The van der Waals surface area contributed by atoms with Crippen molar-refractivity contribution in [2.75, 3.05) is 0 Å². The van der Waals surface area contributed by atoms with E-state index in [1.165, 1.54) is 43.9 Å². The molecule has 0 radical (unpaired) electrons. The summed E-state index contributed by atoms with van der Waals surface area (Å²) in [6.45, 7) is 9.89. The van der Waals surface area contributed by atoms with E-state index < -0.39 is 0 Å². The molecule has 9 rings (SSSR count). The number of hydrogen-bond donors (Lipinski definition) is 0. The van der Waals surface area contributed by atoms with Crippen LogP contribution in [-0.2, 0) is 11.0 Å². The lowest BCUT2D eigenvalue weighted by Gasteiger charge is -2.54. The second-order valence-corrected chi connectivity index (χ2v) is 11.3. The van der Waals surface area contributed by atoms with Crippen molar-refractivity contribution in [1.29, 1.82) is 0 Å². The van der Waals surface area contributed by atoms with E-state index in [-0.39, 0.29) is 11.0 Å². The molecule has 6 aliphatic rings. The van der Waals surface area contributed by atoms with Crippen LogP contribution >= 0.6 is 0 Å². The van der Waals surface area contributed by atoms with E-state index in [1.54, 1.807) is 33.0 Å². The molecule has 0 spiro atoms. The molecule has 0 amide bonds. The van der Waals surface area contributed by atoms with Gasteiger partial charge in [-0.05, 0) is 85.3 Å². The van der Waals surface area contributed by atoms with Crippen LogP contribution in [0.2, 0.25) is 0 Å². The van der Waals surface area contributed by atoms with Gasteiger partial charge in [0.2, 0.25) is 5.52 Å². The summed E-state index contributed by atoms with van der Waals surface area (Å²) >= 11 is 0. The van der Waals surface area contributed by atoms with Crippen molar-refractivity contribution in [3.63, 3.8) is 0 Å². The van der Waals surface area contributed by atoms with Crippen LogP contribution in [0.1, 0.15) is 94.7 Å². The molecule has 2 heterocycles. The predicted octanol–water partition coefficient (Wildman–Crippen LogP) is 7.09. The first kappa shape index (κ1) is 17.8. The number of aromatic nitrogens is 1. The van der Waals surface area contributed by atoms with Crippen LogP contribution in [0.5, 0.6) is 0 Å². The first-order chi connectivity index (χ1) is 14.5. The molecular weight excluding hydrogens is 362 g/mol. The van der Waals surface area contributed by atoms with Gasteiger partial charge < -0.3 is 0 Å². The molecule has 4 bridgehead atoms. The second kappa shape index (κ2) is 5.47. The number of hydrogen-bond acceptors (Lipinski definition) is 0. The smallest absolute Gasteiger partial charge is 0.192 e. The standard InChI is InChI=1S/C29H34N/c1-5-28(3)24-9-7-8-17-12-13-20-26-22-15-18-10-11-19(22)14-21(18)23(26)16-30(27(20)25(17)24)29(28,4)6-2/h7-9,12-13,16,18-19,21-22H,5-6,10-11,14-15H2,1-4H3/q+1. The summed E-state index contributed by atoms with van der Waals surface area (Å²) < 4.78 is 2.79. The maximum Gasteiger partial charge on any atom is 0.221 e. The summed E-state index contributed by atoms with van der Waals surface area (Å²) in [6.07, 6.45) is 10.9. The van der Waals surface area contributed by atoms with Crippen molar-refractivity contribution in [2.24, 2.45) is 11.8 Å². The normalized spacial score (nSPS) is 38.0. The highest BCUT2D eigenvalue weighted by atomic mass is 15.1. The maximum atomic E-state index is 2.79. The van der Waals surface area contributed by atoms with Gasteiger partial charge in [-0.25, -0.2) is 0 Å². The molecular formula is C29H34N+. The fourth-order valence-corrected chi connectivity index (χ4v) is 8.67. The fraction of sp³-hybridized carbons (Fsp3) is 0.552. The molecule has 154 valence electrons. The largest absolute Gasteiger partial charge is 0.221 e. The SMILES string of the molecule is CCC1(C)c2cccc3ccc4c5c(c[n+](c4c23)C1(C)CC)C1CC2CCC1CC52. The molecule has 3 saturated carbocycles. The highest BCUT2D eigenvalue weighted by molar-refractivity contribution is 6.07. The average Bonchev–Trinajstić information content (AvgIpc) is 2.81. The Morgan fingerprint density at radius 2 is 1.70 bits per heavy atom. The molecule has 3 fully saturated rings. The van der Waals surface area contributed by atoms with Crippen LogP contribution in [0.3, 0.4) is 0 Å². The molecule has 0 N–H and O–H groups in total. The molecule has 3 aromatic rings. The summed E-state index contributed by atoms with van der Waals surface area (Å²) in [4.78, 5) is 0. The van der Waals surface area contributed by atoms with Crippen LogP contribution in [0.4, 0.5) is 0 Å². The number of pyridine rings is 1. The molecule has 1 nitrogen and oxygen atoms in total. The summed E-state index contributed by atoms with van der Waals surface area (Å²) in [5.74, 6) is 3.52. The third-order valence-corrected chi connectivity index (χ3v) is 10.8. The van der Waals surface area contributed by atoms with Gasteiger partial charge in [-0.3, -0.25) is 0 Å². The highest BCUT2D eigenvalue weighted by Crippen LogP contribution is 2.63. The van der Waals surface area contributed by atoms with Crippen LogP contribution in [-0.4, -0.2) is 0 Å². The predicted molar refractivity (Wildman–Crippen MR) is 124 cm³/mol. The summed E-state index contributed by atoms with van der Waals surface area (Å²) in [5.41, 5.74) is 6.87. The van der Waals surface area contributed by atoms with Crippen molar-refractivity contribution in [3.05, 3.63) is 53.2 Å². The zero-order valence-corrected chi connectivity index (χ0v) is 19.0. The van der Waals surface area contributed by atoms with Gasteiger partial charge in [0.05, 0.1) is 16.2 Å². The zero-order chi connectivity index (χ0) is 20.4. The molecule has 5 aliphatic carbocycles. The van der Waals surface area contributed by atoms with Gasteiger partial charge in [0.1, 0.15) is 0 Å². The Labute approximate surface area is 180 Å². The lowest BCUT2D eigenvalue weighted by atomic mass is 9.51. The van der Waals surface area contributed by atoms with Crippen LogP contribution < -0.4 is 4.57 Å². The Morgan fingerprint density at radius 1 is 0.933 bits per heavy atom. The Bertz CT molecular complexity index is 1240. The fourth-order valence-electron chi connectivity index (χ4n) is 8.67. The van der Waals surface area contributed by atoms with E-state index in [0.717, 1.165) is 23.7 Å². The van der Waals surface area contributed by atoms with Crippen molar-refractivity contribution in [2.45, 2.75) is 89.0 Å². The van der Waals surface area contributed by atoms with Gasteiger partial charge in [-0.2, -0.15) is 4.57 Å². The Hall–Kier alpha value is -1.89.